The van der Waals surface area contributed by atoms with E-state index in [1.165, 1.54) is 0 Å². The maximum Gasteiger partial charge on any atom is 0.337 e. The molecule has 4 bridgehead atoms. The average molecular weight is 410 g/mol. The zero-order valence-electron chi connectivity index (χ0n) is 16.1. The Hall–Kier alpha value is -4.08. The number of fused-ring (bicyclic) bond motifs is 2. The number of carbonyl (C=O) groups is 4. The van der Waals surface area contributed by atoms with Crippen LogP contribution in [0.3, 0.4) is 0 Å². The highest BCUT2D eigenvalue weighted by Gasteiger charge is 2.09. The van der Waals surface area contributed by atoms with Gasteiger partial charge in [0.2, 0.25) is 11.8 Å². The van der Waals surface area contributed by atoms with Crippen molar-refractivity contribution in [3.63, 3.8) is 0 Å². The summed E-state index contributed by atoms with van der Waals surface area (Å²) in [6.45, 7) is 0. The number of hydrogen-bond donors (Lipinski definition) is 6. The number of hydrazine groups is 2. The van der Waals surface area contributed by atoms with Gasteiger partial charge in [-0.1, -0.05) is 24.3 Å². The molecule has 30 heavy (non-hydrogen) atoms. The Morgan fingerprint density at radius 2 is 0.933 bits per heavy atom. The van der Waals surface area contributed by atoms with Crippen molar-refractivity contribution in [1.29, 1.82) is 0 Å². The third-order valence-electron chi connectivity index (χ3n) is 4.27. The Bertz CT molecular complexity index is 852. The van der Waals surface area contributed by atoms with E-state index in [1.54, 1.807) is 24.3 Å². The highest BCUT2D eigenvalue weighted by Crippen LogP contribution is 2.16. The van der Waals surface area contributed by atoms with E-state index in [4.69, 9.17) is 0 Å². The Morgan fingerprint density at radius 3 is 1.33 bits per heavy atom. The number of hydrogen-bond acceptors (Lipinski definition) is 4. The smallest absolute Gasteiger partial charge is 0.307 e. The number of nitrogens with one attached hydrogen (secondary N) is 6. The molecule has 0 unspecified atom stereocenters. The monoisotopic (exact) mass is 410 g/mol. The average Bonchev–Trinajstić information content (AvgIpc) is 2.73. The summed E-state index contributed by atoms with van der Waals surface area (Å²) in [4.78, 5) is 47.3. The number of amides is 6. The minimum Gasteiger partial charge on any atom is -0.307 e. The molecule has 10 nitrogen and oxygen atoms in total. The molecule has 0 aromatic heterocycles. The maximum absolute atomic E-state index is 11.9. The molecule has 6 N–H and O–H groups in total. The molecule has 5 rings (SSSR count). The lowest BCUT2D eigenvalue weighted by molar-refractivity contribution is -0.123. The molecule has 2 aromatic carbocycles. The second-order valence-electron chi connectivity index (χ2n) is 6.68. The van der Waals surface area contributed by atoms with Crippen molar-refractivity contribution in [1.82, 2.24) is 21.7 Å². The van der Waals surface area contributed by atoms with Gasteiger partial charge in [0.25, 0.3) is 0 Å². The van der Waals surface area contributed by atoms with Crippen molar-refractivity contribution in [3.8, 4) is 0 Å². The molecule has 0 fully saturated rings. The van der Waals surface area contributed by atoms with Crippen molar-refractivity contribution < 1.29 is 19.2 Å². The van der Waals surface area contributed by atoms with Gasteiger partial charge in [-0.15, -0.1) is 0 Å². The van der Waals surface area contributed by atoms with E-state index in [2.05, 4.69) is 32.3 Å². The lowest BCUT2D eigenvalue weighted by Gasteiger charge is -2.11. The summed E-state index contributed by atoms with van der Waals surface area (Å²) in [6, 6.07) is 13.5. The summed E-state index contributed by atoms with van der Waals surface area (Å²) in [5.74, 6) is -0.881. The summed E-state index contributed by atoms with van der Waals surface area (Å²) in [5.41, 5.74) is 12.3. The van der Waals surface area contributed by atoms with Crippen molar-refractivity contribution in [2.75, 3.05) is 10.6 Å². The second kappa shape index (κ2) is 9.92. The molecule has 3 heterocycles. The third-order valence-corrected chi connectivity index (χ3v) is 4.27. The fraction of sp³-hybridized carbons (Fsp3) is 0.200. The SMILES string of the molecule is O=C1CCCC(=O)NNC(=O)Nc2ccc(cc2)Cc2ccc(cc2)NC(=O)NN1. The summed E-state index contributed by atoms with van der Waals surface area (Å²) < 4.78 is 0. The van der Waals surface area contributed by atoms with Gasteiger partial charge in [0, 0.05) is 24.2 Å². The minimum atomic E-state index is -0.582. The first-order valence-electron chi connectivity index (χ1n) is 9.37. The van der Waals surface area contributed by atoms with Gasteiger partial charge in [-0.05, 0) is 48.2 Å². The Labute approximate surface area is 172 Å². The molecule has 6 amide bonds. The number of urea groups is 2. The molecule has 0 saturated heterocycles. The van der Waals surface area contributed by atoms with Crippen molar-refractivity contribution in [3.05, 3.63) is 59.7 Å². The number of benzene rings is 2. The van der Waals surface area contributed by atoms with Gasteiger partial charge in [0.1, 0.15) is 0 Å². The van der Waals surface area contributed by atoms with E-state index in [9.17, 15) is 19.2 Å². The van der Waals surface area contributed by atoms with Crippen molar-refractivity contribution >= 4 is 35.3 Å². The normalized spacial score (nSPS) is 16.0. The Morgan fingerprint density at radius 1 is 0.533 bits per heavy atom. The van der Waals surface area contributed by atoms with Crippen LogP contribution in [0.4, 0.5) is 21.0 Å². The van der Waals surface area contributed by atoms with Crippen LogP contribution in [-0.2, 0) is 16.0 Å². The molecule has 0 atom stereocenters. The molecule has 0 aliphatic carbocycles. The van der Waals surface area contributed by atoms with E-state index >= 15 is 0 Å². The summed E-state index contributed by atoms with van der Waals surface area (Å²) in [6.07, 6.45) is 0.972. The molecular formula is C20H22N6O4. The second-order valence-corrected chi connectivity index (χ2v) is 6.68. The van der Waals surface area contributed by atoms with E-state index in [0.717, 1.165) is 11.1 Å². The predicted octanol–water partition coefficient (Wildman–Crippen LogP) is 1.77. The van der Waals surface area contributed by atoms with E-state index in [1.807, 2.05) is 24.3 Å². The van der Waals surface area contributed by atoms with Crippen LogP contribution in [0.25, 0.3) is 0 Å². The van der Waals surface area contributed by atoms with Gasteiger partial charge in [0.05, 0.1) is 0 Å². The van der Waals surface area contributed by atoms with Crippen LogP contribution < -0.4 is 32.3 Å². The standard InChI is InChI=1S/C20H22N6O4/c27-17-2-1-3-18(28)24-26-20(30)22-16-10-6-14(7-11-16)12-13-4-8-15(9-5-13)21-19(29)25-23-17/h4-11H,1-3,12H2,(H,23,27)(H,24,28)(H2,21,25,29)(H2,22,26,30). The fourth-order valence-corrected chi connectivity index (χ4v) is 2.76. The highest BCUT2D eigenvalue weighted by molar-refractivity contribution is 5.92. The largest absolute Gasteiger partial charge is 0.337 e. The zero-order chi connectivity index (χ0) is 21.3. The Balaban J connectivity index is 1.70. The van der Waals surface area contributed by atoms with Crippen LogP contribution in [0.5, 0.6) is 0 Å². The maximum atomic E-state index is 11.9. The Kier molecular flexibility index (Phi) is 6.83. The first-order chi connectivity index (χ1) is 14.5. The van der Waals surface area contributed by atoms with E-state index in [0.29, 0.717) is 17.8 Å². The zero-order valence-corrected chi connectivity index (χ0v) is 16.1. The lowest BCUT2D eigenvalue weighted by atomic mass is 10.0. The van der Waals surface area contributed by atoms with Gasteiger partial charge in [0.15, 0.2) is 0 Å². The highest BCUT2D eigenvalue weighted by atomic mass is 16.2. The third kappa shape index (κ3) is 6.51. The minimum absolute atomic E-state index is 0.0287. The van der Waals surface area contributed by atoms with Crippen LogP contribution in [0, 0.1) is 0 Å². The van der Waals surface area contributed by atoms with Gasteiger partial charge in [-0.2, -0.15) is 0 Å². The molecule has 3 aliphatic rings. The molecule has 10 heteroatoms. The van der Waals surface area contributed by atoms with Crippen LogP contribution >= 0.6 is 0 Å². The summed E-state index contributed by atoms with van der Waals surface area (Å²) >= 11 is 0. The summed E-state index contributed by atoms with van der Waals surface area (Å²) in [7, 11) is 0. The fourth-order valence-electron chi connectivity index (χ4n) is 2.76. The van der Waals surface area contributed by atoms with Crippen molar-refractivity contribution in [2.45, 2.75) is 25.7 Å². The number of anilines is 2. The van der Waals surface area contributed by atoms with Gasteiger partial charge >= 0.3 is 12.1 Å². The van der Waals surface area contributed by atoms with Crippen molar-refractivity contribution in [2.24, 2.45) is 0 Å². The van der Waals surface area contributed by atoms with Crippen LogP contribution in [0.15, 0.2) is 48.5 Å². The van der Waals surface area contributed by atoms with Gasteiger partial charge in [-0.3, -0.25) is 20.4 Å². The number of carbonyl (C=O) groups excluding carboxylic acids is 4. The first-order valence-corrected chi connectivity index (χ1v) is 9.37. The van der Waals surface area contributed by atoms with Gasteiger partial charge in [-0.25, -0.2) is 20.4 Å². The van der Waals surface area contributed by atoms with Gasteiger partial charge < -0.3 is 10.6 Å². The molecular weight excluding hydrogens is 388 g/mol. The molecule has 0 saturated carbocycles. The lowest BCUT2D eigenvalue weighted by Crippen LogP contribution is -2.44. The first kappa shape index (κ1) is 20.6. The summed E-state index contributed by atoms with van der Waals surface area (Å²) in [5, 5.41) is 5.24. The predicted molar refractivity (Wildman–Crippen MR) is 110 cm³/mol. The quantitative estimate of drug-likeness (QED) is 0.394. The topological polar surface area (TPSA) is 140 Å². The van der Waals surface area contributed by atoms with E-state index < -0.39 is 23.9 Å². The van der Waals surface area contributed by atoms with E-state index in [-0.39, 0.29) is 19.3 Å². The molecule has 3 aliphatic heterocycles. The molecule has 2 aromatic rings. The van der Waals surface area contributed by atoms with Crippen LogP contribution in [0.2, 0.25) is 0 Å². The molecule has 0 spiro atoms. The molecule has 0 radical (unpaired) electrons. The number of rotatable bonds is 0. The molecule has 156 valence electrons. The van der Waals surface area contributed by atoms with Crippen LogP contribution in [0.1, 0.15) is 30.4 Å². The van der Waals surface area contributed by atoms with Crippen LogP contribution in [-0.4, -0.2) is 23.9 Å².